The minimum absolute atomic E-state index is 0.107. The summed E-state index contributed by atoms with van der Waals surface area (Å²) in [6.07, 6.45) is 3.25. The predicted molar refractivity (Wildman–Crippen MR) is 106 cm³/mol. The summed E-state index contributed by atoms with van der Waals surface area (Å²) in [6.45, 7) is 3.29. The van der Waals surface area contributed by atoms with Gasteiger partial charge in [0.1, 0.15) is 0 Å². The Labute approximate surface area is 163 Å². The molecule has 0 aliphatic carbocycles. The molecule has 4 rings (SSSR count). The number of nitrogens with zero attached hydrogens (tertiary/aromatic N) is 1. The minimum Gasteiger partial charge on any atom is -0.490 e. The summed E-state index contributed by atoms with van der Waals surface area (Å²) in [5.41, 5.74) is 2.85. The Morgan fingerprint density at radius 1 is 1.07 bits per heavy atom. The smallest absolute Gasteiger partial charge is 0.224 e. The van der Waals surface area contributed by atoms with Crippen LogP contribution in [0.3, 0.4) is 0 Å². The van der Waals surface area contributed by atoms with Crippen molar-refractivity contribution in [1.82, 2.24) is 4.98 Å². The lowest BCUT2D eigenvalue weighted by atomic mass is 10.1. The number of anilines is 1. The van der Waals surface area contributed by atoms with Crippen molar-refractivity contribution in [2.24, 2.45) is 0 Å². The number of carbonyl (C=O) groups is 1. The first-order chi connectivity index (χ1) is 13.7. The monoisotopic (exact) mass is 378 g/mol. The standard InChI is InChI=1S/C22H22N2O4/c1-15-3-5-16(6-4-15)20-14-23-22(28-20)10-9-21(25)24-17-7-8-18-19(13-17)27-12-2-11-26-18/h3-8,13-14H,2,9-12H2,1H3,(H,24,25). The molecule has 0 saturated carbocycles. The Morgan fingerprint density at radius 2 is 1.86 bits per heavy atom. The summed E-state index contributed by atoms with van der Waals surface area (Å²) in [5, 5.41) is 2.88. The van der Waals surface area contributed by atoms with Crippen LogP contribution in [-0.2, 0) is 11.2 Å². The van der Waals surface area contributed by atoms with Gasteiger partial charge in [0.05, 0.1) is 19.4 Å². The Hall–Kier alpha value is -3.28. The average Bonchev–Trinajstić information content (AvgIpc) is 3.05. The van der Waals surface area contributed by atoms with Crippen molar-refractivity contribution in [1.29, 1.82) is 0 Å². The summed E-state index contributed by atoms with van der Waals surface area (Å²) in [4.78, 5) is 16.6. The maximum absolute atomic E-state index is 12.3. The molecule has 1 aliphatic heterocycles. The molecule has 144 valence electrons. The SMILES string of the molecule is Cc1ccc(-c2cnc(CCC(=O)Nc3ccc4c(c3)OCCCO4)o2)cc1. The molecule has 28 heavy (non-hydrogen) atoms. The van der Waals surface area contributed by atoms with Gasteiger partial charge in [0, 0.05) is 36.6 Å². The molecule has 0 atom stereocenters. The Kier molecular flexibility index (Phi) is 5.28. The largest absolute Gasteiger partial charge is 0.490 e. The van der Waals surface area contributed by atoms with Crippen LogP contribution < -0.4 is 14.8 Å². The Bertz CT molecular complexity index is 963. The summed E-state index contributed by atoms with van der Waals surface area (Å²) >= 11 is 0. The van der Waals surface area contributed by atoms with E-state index in [1.54, 1.807) is 12.3 Å². The van der Waals surface area contributed by atoms with Crippen LogP contribution in [0.25, 0.3) is 11.3 Å². The summed E-state index contributed by atoms with van der Waals surface area (Å²) in [5.74, 6) is 2.51. The fraction of sp³-hybridized carbons (Fsp3) is 0.273. The number of hydrogen-bond acceptors (Lipinski definition) is 5. The number of amides is 1. The van der Waals surface area contributed by atoms with Gasteiger partial charge in [-0.15, -0.1) is 0 Å². The molecule has 1 amide bonds. The number of rotatable bonds is 5. The Morgan fingerprint density at radius 3 is 2.68 bits per heavy atom. The molecule has 0 fully saturated rings. The molecule has 2 heterocycles. The molecular weight excluding hydrogens is 356 g/mol. The van der Waals surface area contributed by atoms with Gasteiger partial charge in [-0.3, -0.25) is 4.79 Å². The number of hydrogen-bond donors (Lipinski definition) is 1. The van der Waals surface area contributed by atoms with E-state index in [4.69, 9.17) is 13.9 Å². The van der Waals surface area contributed by atoms with Crippen LogP contribution in [0.2, 0.25) is 0 Å². The molecule has 0 spiro atoms. The number of fused-ring (bicyclic) bond motifs is 1. The van der Waals surface area contributed by atoms with Gasteiger partial charge in [0.15, 0.2) is 23.1 Å². The first-order valence-electron chi connectivity index (χ1n) is 9.38. The van der Waals surface area contributed by atoms with Crippen LogP contribution in [0.5, 0.6) is 11.5 Å². The third kappa shape index (κ3) is 4.34. The maximum Gasteiger partial charge on any atom is 0.224 e. The van der Waals surface area contributed by atoms with Gasteiger partial charge < -0.3 is 19.2 Å². The van der Waals surface area contributed by atoms with Gasteiger partial charge in [0.25, 0.3) is 0 Å². The molecule has 2 aromatic carbocycles. The van der Waals surface area contributed by atoms with E-state index in [0.29, 0.717) is 48.5 Å². The van der Waals surface area contributed by atoms with Crippen molar-refractivity contribution in [3.8, 4) is 22.8 Å². The van der Waals surface area contributed by atoms with Crippen molar-refractivity contribution >= 4 is 11.6 Å². The number of ether oxygens (including phenoxy) is 2. The third-order valence-electron chi connectivity index (χ3n) is 4.49. The van der Waals surface area contributed by atoms with Crippen molar-refractivity contribution in [2.75, 3.05) is 18.5 Å². The zero-order valence-electron chi connectivity index (χ0n) is 15.7. The van der Waals surface area contributed by atoms with Crippen LogP contribution in [0, 0.1) is 6.92 Å². The average molecular weight is 378 g/mol. The molecule has 1 N–H and O–H groups in total. The van der Waals surface area contributed by atoms with E-state index < -0.39 is 0 Å². The lowest BCUT2D eigenvalue weighted by Crippen LogP contribution is -2.12. The number of nitrogens with one attached hydrogen (secondary N) is 1. The second-order valence-corrected chi connectivity index (χ2v) is 6.74. The summed E-state index contributed by atoms with van der Waals surface area (Å²) in [7, 11) is 0. The van der Waals surface area contributed by atoms with Gasteiger partial charge in [-0.2, -0.15) is 0 Å². The first kappa shape index (κ1) is 18.1. The van der Waals surface area contributed by atoms with E-state index in [1.807, 2.05) is 43.3 Å². The number of oxazole rings is 1. The number of aryl methyl sites for hydroxylation is 2. The Balaban J connectivity index is 1.34. The molecule has 6 nitrogen and oxygen atoms in total. The molecule has 0 saturated heterocycles. The van der Waals surface area contributed by atoms with Crippen molar-refractivity contribution in [3.05, 3.63) is 60.1 Å². The molecular formula is C22H22N2O4. The number of aromatic nitrogens is 1. The van der Waals surface area contributed by atoms with E-state index in [2.05, 4.69) is 10.3 Å². The van der Waals surface area contributed by atoms with E-state index in [0.717, 1.165) is 12.0 Å². The van der Waals surface area contributed by atoms with Crippen LogP contribution >= 0.6 is 0 Å². The molecule has 0 bridgehead atoms. The van der Waals surface area contributed by atoms with Gasteiger partial charge >= 0.3 is 0 Å². The van der Waals surface area contributed by atoms with Crippen molar-refractivity contribution in [2.45, 2.75) is 26.2 Å². The molecule has 0 unspecified atom stereocenters. The van der Waals surface area contributed by atoms with Crippen molar-refractivity contribution in [3.63, 3.8) is 0 Å². The van der Waals surface area contributed by atoms with E-state index in [1.165, 1.54) is 5.56 Å². The summed E-state index contributed by atoms with van der Waals surface area (Å²) < 4.78 is 17.0. The third-order valence-corrected chi connectivity index (χ3v) is 4.49. The molecule has 1 aliphatic rings. The second kappa shape index (κ2) is 8.17. The topological polar surface area (TPSA) is 73.6 Å². The second-order valence-electron chi connectivity index (χ2n) is 6.74. The lowest BCUT2D eigenvalue weighted by molar-refractivity contribution is -0.116. The lowest BCUT2D eigenvalue weighted by Gasteiger charge is -2.10. The fourth-order valence-corrected chi connectivity index (χ4v) is 2.96. The highest BCUT2D eigenvalue weighted by atomic mass is 16.5. The van der Waals surface area contributed by atoms with E-state index in [-0.39, 0.29) is 12.3 Å². The molecule has 3 aromatic rings. The van der Waals surface area contributed by atoms with Crippen LogP contribution in [0.1, 0.15) is 24.3 Å². The van der Waals surface area contributed by atoms with Gasteiger partial charge in [-0.05, 0) is 19.1 Å². The van der Waals surface area contributed by atoms with Gasteiger partial charge in [-0.1, -0.05) is 29.8 Å². The first-order valence-corrected chi connectivity index (χ1v) is 9.38. The van der Waals surface area contributed by atoms with Crippen LogP contribution in [-0.4, -0.2) is 24.1 Å². The highest BCUT2D eigenvalue weighted by Gasteiger charge is 2.13. The molecule has 6 heteroatoms. The predicted octanol–water partition coefficient (Wildman–Crippen LogP) is 4.38. The van der Waals surface area contributed by atoms with Crippen LogP contribution in [0.4, 0.5) is 5.69 Å². The zero-order valence-corrected chi connectivity index (χ0v) is 15.7. The fourth-order valence-electron chi connectivity index (χ4n) is 2.96. The zero-order chi connectivity index (χ0) is 19.3. The molecule has 1 aromatic heterocycles. The van der Waals surface area contributed by atoms with Gasteiger partial charge in [0.2, 0.25) is 5.91 Å². The van der Waals surface area contributed by atoms with E-state index >= 15 is 0 Å². The van der Waals surface area contributed by atoms with Gasteiger partial charge in [-0.25, -0.2) is 4.98 Å². The molecule has 0 radical (unpaired) electrons. The van der Waals surface area contributed by atoms with Crippen molar-refractivity contribution < 1.29 is 18.7 Å². The maximum atomic E-state index is 12.3. The van der Waals surface area contributed by atoms with Crippen LogP contribution in [0.15, 0.2) is 53.1 Å². The quantitative estimate of drug-likeness (QED) is 0.713. The number of carbonyl (C=O) groups excluding carboxylic acids is 1. The minimum atomic E-state index is -0.107. The normalized spacial score (nSPS) is 13.0. The number of benzene rings is 2. The highest BCUT2D eigenvalue weighted by molar-refractivity contribution is 5.91. The highest BCUT2D eigenvalue weighted by Crippen LogP contribution is 2.32. The summed E-state index contributed by atoms with van der Waals surface area (Å²) in [6, 6.07) is 13.5. The van der Waals surface area contributed by atoms with E-state index in [9.17, 15) is 4.79 Å².